The molecule has 11 nitrogen and oxygen atoms in total. The number of benzene rings is 2. The second-order valence-electron chi connectivity index (χ2n) is 10.4. The van der Waals surface area contributed by atoms with Gasteiger partial charge in [0.05, 0.1) is 32.9 Å². The van der Waals surface area contributed by atoms with Gasteiger partial charge in [-0.05, 0) is 51.0 Å². The molecule has 0 N–H and O–H groups in total. The van der Waals surface area contributed by atoms with E-state index in [1.807, 2.05) is 27.7 Å². The lowest BCUT2D eigenvalue weighted by Crippen LogP contribution is -2.40. The van der Waals surface area contributed by atoms with Crippen LogP contribution in [0, 0.1) is 10.1 Å². The zero-order valence-corrected chi connectivity index (χ0v) is 23.0. The number of nitro benzene ring substituents is 1. The van der Waals surface area contributed by atoms with Crippen LogP contribution in [-0.4, -0.2) is 68.8 Å². The van der Waals surface area contributed by atoms with Gasteiger partial charge in [-0.1, -0.05) is 12.1 Å². The average Bonchev–Trinajstić information content (AvgIpc) is 3.53. The molecule has 210 valence electrons. The van der Waals surface area contributed by atoms with Crippen molar-refractivity contribution >= 4 is 11.3 Å². The lowest BCUT2D eigenvalue weighted by Gasteiger charge is -2.26. The lowest BCUT2D eigenvalue weighted by atomic mass is 9.93. The second-order valence-corrected chi connectivity index (χ2v) is 10.4. The van der Waals surface area contributed by atoms with Crippen molar-refractivity contribution in [2.24, 2.45) is 0 Å². The number of rotatable bonds is 7. The van der Waals surface area contributed by atoms with E-state index in [1.165, 1.54) is 33.5 Å². The van der Waals surface area contributed by atoms with Crippen molar-refractivity contribution in [3.63, 3.8) is 0 Å². The van der Waals surface area contributed by atoms with Gasteiger partial charge < -0.3 is 37.9 Å². The van der Waals surface area contributed by atoms with Crippen molar-refractivity contribution in [1.82, 2.24) is 0 Å². The van der Waals surface area contributed by atoms with Crippen LogP contribution in [0.25, 0.3) is 5.57 Å². The molecule has 3 aliphatic rings. The highest BCUT2D eigenvalue weighted by Gasteiger charge is 2.58. The minimum Gasteiger partial charge on any atom is -0.493 e. The standard InChI is InChI=1S/C28H33NO10/c1-27(2)35-14-20(37-27)23-25-26(39-28(3,4)38-25)24(36-23)21(15-9-8-10-17(11-15)29(30)31)16-12-18(32-5)22(34-7)19(13-16)33-6/h8-13,20,23,25-26H,14H2,1-7H3/b24-21+/t20-,23+,25-,26+/m1/s1. The number of ether oxygens (including phenoxy) is 8. The molecular formula is C28H33NO10. The summed E-state index contributed by atoms with van der Waals surface area (Å²) in [6.07, 6.45) is -2.10. The fraction of sp³-hybridized carbons (Fsp3) is 0.500. The van der Waals surface area contributed by atoms with Gasteiger partial charge in [0.1, 0.15) is 24.1 Å². The number of methoxy groups -OCH3 is 3. The van der Waals surface area contributed by atoms with Crippen LogP contribution in [0.3, 0.4) is 0 Å². The van der Waals surface area contributed by atoms with Crippen molar-refractivity contribution in [3.8, 4) is 17.2 Å². The highest BCUT2D eigenvalue weighted by atomic mass is 16.8. The van der Waals surface area contributed by atoms with Crippen molar-refractivity contribution in [2.45, 2.75) is 63.7 Å². The maximum Gasteiger partial charge on any atom is 0.270 e. The number of hydrogen-bond acceptors (Lipinski definition) is 10. The quantitative estimate of drug-likeness (QED) is 0.366. The molecule has 0 spiro atoms. The molecule has 2 aromatic carbocycles. The van der Waals surface area contributed by atoms with E-state index in [1.54, 1.807) is 24.3 Å². The van der Waals surface area contributed by atoms with Crippen molar-refractivity contribution in [2.75, 3.05) is 27.9 Å². The second kappa shape index (κ2) is 9.98. The summed E-state index contributed by atoms with van der Waals surface area (Å²) in [5, 5.41) is 11.7. The summed E-state index contributed by atoms with van der Waals surface area (Å²) in [6, 6.07) is 9.88. The Balaban J connectivity index is 1.73. The van der Waals surface area contributed by atoms with E-state index in [2.05, 4.69) is 0 Å². The Morgan fingerprint density at radius 2 is 1.59 bits per heavy atom. The highest BCUT2D eigenvalue weighted by molar-refractivity contribution is 5.85. The Morgan fingerprint density at radius 3 is 2.15 bits per heavy atom. The van der Waals surface area contributed by atoms with Crippen LogP contribution in [-0.2, 0) is 23.7 Å². The molecule has 0 bridgehead atoms. The maximum absolute atomic E-state index is 11.7. The van der Waals surface area contributed by atoms with Gasteiger partial charge in [-0.2, -0.15) is 0 Å². The Bertz CT molecular complexity index is 1280. The van der Waals surface area contributed by atoms with E-state index in [0.29, 0.717) is 46.3 Å². The predicted molar refractivity (Wildman–Crippen MR) is 139 cm³/mol. The van der Waals surface area contributed by atoms with E-state index >= 15 is 0 Å². The summed E-state index contributed by atoms with van der Waals surface area (Å²) >= 11 is 0. The summed E-state index contributed by atoms with van der Waals surface area (Å²) in [6.45, 7) is 7.67. The maximum atomic E-state index is 11.7. The van der Waals surface area contributed by atoms with Gasteiger partial charge in [-0.25, -0.2) is 0 Å². The van der Waals surface area contributed by atoms with Crippen molar-refractivity contribution < 1.29 is 42.8 Å². The molecule has 5 rings (SSSR count). The third-order valence-electron chi connectivity index (χ3n) is 6.92. The zero-order valence-electron chi connectivity index (χ0n) is 23.0. The predicted octanol–water partition coefficient (Wildman–Crippen LogP) is 4.45. The Hall–Kier alpha value is -3.38. The third kappa shape index (κ3) is 5.03. The highest BCUT2D eigenvalue weighted by Crippen LogP contribution is 2.49. The van der Waals surface area contributed by atoms with Crippen LogP contribution in [0.2, 0.25) is 0 Å². The fourth-order valence-corrected chi connectivity index (χ4v) is 5.33. The number of hydrogen-bond donors (Lipinski definition) is 0. The van der Waals surface area contributed by atoms with E-state index < -0.39 is 40.9 Å². The van der Waals surface area contributed by atoms with Gasteiger partial charge in [0.25, 0.3) is 5.69 Å². The smallest absolute Gasteiger partial charge is 0.270 e. The third-order valence-corrected chi connectivity index (χ3v) is 6.92. The van der Waals surface area contributed by atoms with E-state index in [0.717, 1.165) is 0 Å². The van der Waals surface area contributed by atoms with E-state index in [-0.39, 0.29) is 5.69 Å². The number of nitro groups is 1. The van der Waals surface area contributed by atoms with Crippen LogP contribution < -0.4 is 14.2 Å². The van der Waals surface area contributed by atoms with Crippen LogP contribution in [0.4, 0.5) is 5.69 Å². The van der Waals surface area contributed by atoms with Gasteiger partial charge in [-0.15, -0.1) is 0 Å². The molecule has 0 aliphatic carbocycles. The van der Waals surface area contributed by atoms with Gasteiger partial charge >= 0.3 is 0 Å². The average molecular weight is 544 g/mol. The monoisotopic (exact) mass is 543 g/mol. The van der Waals surface area contributed by atoms with Crippen molar-refractivity contribution in [3.05, 3.63) is 63.4 Å². The summed E-state index contributed by atoms with van der Waals surface area (Å²) in [5.41, 5.74) is 1.67. The van der Waals surface area contributed by atoms with Crippen LogP contribution in [0.15, 0.2) is 42.2 Å². The SMILES string of the molecule is COc1cc(/C(=C2/O[C@@H]([C@H]3COC(C)(C)O3)[C@H]3OC(C)(C)O[C@@H]23)c2cccc([N+](=O)[O-])c2)cc(OC)c1OC. The van der Waals surface area contributed by atoms with Crippen LogP contribution >= 0.6 is 0 Å². The normalized spacial score (nSPS) is 28.0. The minimum absolute atomic E-state index is 0.0673. The molecule has 0 aromatic heterocycles. The Kier molecular flexibility index (Phi) is 6.96. The number of nitrogens with zero attached hydrogens (tertiary/aromatic N) is 1. The lowest BCUT2D eigenvalue weighted by molar-refractivity contribution is -0.384. The first kappa shape index (κ1) is 27.2. The van der Waals surface area contributed by atoms with Crippen LogP contribution in [0.5, 0.6) is 17.2 Å². The zero-order chi connectivity index (χ0) is 28.1. The Labute approximate surface area is 226 Å². The molecule has 11 heteroatoms. The minimum atomic E-state index is -0.902. The van der Waals surface area contributed by atoms with Crippen LogP contribution in [0.1, 0.15) is 38.8 Å². The Morgan fingerprint density at radius 1 is 0.897 bits per heavy atom. The summed E-state index contributed by atoms with van der Waals surface area (Å²) in [5.74, 6) is 0.0270. The molecular weight excluding hydrogens is 510 g/mol. The summed E-state index contributed by atoms with van der Waals surface area (Å²) in [4.78, 5) is 11.3. The molecule has 0 unspecified atom stereocenters. The fourth-order valence-electron chi connectivity index (χ4n) is 5.33. The molecule has 3 aliphatic heterocycles. The van der Waals surface area contributed by atoms with Gasteiger partial charge in [0, 0.05) is 17.7 Å². The first-order chi connectivity index (χ1) is 18.5. The number of non-ortho nitro benzene ring substituents is 1. The van der Waals surface area contributed by atoms with E-state index in [4.69, 9.17) is 37.9 Å². The summed E-state index contributed by atoms with van der Waals surface area (Å²) < 4.78 is 48.0. The van der Waals surface area contributed by atoms with Gasteiger partial charge in [0.15, 0.2) is 29.2 Å². The van der Waals surface area contributed by atoms with Gasteiger partial charge in [-0.3, -0.25) is 10.1 Å². The molecule has 0 amide bonds. The largest absolute Gasteiger partial charge is 0.493 e. The molecule has 0 saturated carbocycles. The number of fused-ring (bicyclic) bond motifs is 1. The molecule has 4 atom stereocenters. The molecule has 39 heavy (non-hydrogen) atoms. The summed E-state index contributed by atoms with van der Waals surface area (Å²) in [7, 11) is 4.57. The van der Waals surface area contributed by atoms with Crippen molar-refractivity contribution in [1.29, 1.82) is 0 Å². The van der Waals surface area contributed by atoms with Gasteiger partial charge in [0.2, 0.25) is 5.75 Å². The topological polar surface area (TPSA) is 117 Å². The molecule has 2 aromatic rings. The van der Waals surface area contributed by atoms with E-state index in [9.17, 15) is 10.1 Å². The molecule has 3 heterocycles. The first-order valence-corrected chi connectivity index (χ1v) is 12.6. The molecule has 0 radical (unpaired) electrons. The molecule has 3 saturated heterocycles. The molecule has 3 fully saturated rings. The first-order valence-electron chi connectivity index (χ1n) is 12.6.